The number of hydrogen-bond donors (Lipinski definition) is 1. The average Bonchev–Trinajstić information content (AvgIpc) is 3.32. The van der Waals surface area contributed by atoms with Crippen LogP contribution in [0.15, 0.2) is 47.5 Å². The summed E-state index contributed by atoms with van der Waals surface area (Å²) >= 11 is 6.19. The summed E-state index contributed by atoms with van der Waals surface area (Å²) in [5.41, 5.74) is 1.86. The van der Waals surface area contributed by atoms with Crippen molar-refractivity contribution < 1.29 is 23.8 Å². The topological polar surface area (TPSA) is 92.7 Å². The number of hydrogen-bond acceptors (Lipinski definition) is 8. The number of guanidine groups is 1. The summed E-state index contributed by atoms with van der Waals surface area (Å²) in [4.78, 5) is 34.9. The fourth-order valence-corrected chi connectivity index (χ4v) is 4.77. The number of esters is 1. The van der Waals surface area contributed by atoms with E-state index in [9.17, 15) is 9.59 Å². The van der Waals surface area contributed by atoms with Crippen LogP contribution in [0.1, 0.15) is 24.1 Å². The molecule has 2 aromatic rings. The smallest absolute Gasteiger partial charge is 0.321 e. The maximum Gasteiger partial charge on any atom is 0.321 e. The Hall–Kier alpha value is -3.30. The number of aliphatic imine (C=N–C) groups is 1. The molecule has 0 unspecified atom stereocenters. The first-order valence-electron chi connectivity index (χ1n) is 11.7. The summed E-state index contributed by atoms with van der Waals surface area (Å²) < 4.78 is 16.0. The Morgan fingerprint density at radius 3 is 2.71 bits per heavy atom. The highest BCUT2D eigenvalue weighted by Gasteiger charge is 2.42. The van der Waals surface area contributed by atoms with Crippen LogP contribution >= 0.6 is 11.6 Å². The summed E-state index contributed by atoms with van der Waals surface area (Å²) in [7, 11) is 0. The maximum atomic E-state index is 13.0. The largest absolute Gasteiger partial charge is 0.465 e. The number of halogens is 1. The number of carbonyl (C=O) groups is 2. The van der Waals surface area contributed by atoms with Gasteiger partial charge < -0.3 is 19.1 Å². The van der Waals surface area contributed by atoms with Gasteiger partial charge in [0.25, 0.3) is 0 Å². The van der Waals surface area contributed by atoms with Crippen LogP contribution < -0.4 is 14.8 Å². The summed E-state index contributed by atoms with van der Waals surface area (Å²) in [6.07, 6.45) is 0. The standard InChI is InChI=1S/C25H27ClN4O5/c1-2-33-24(32)21-22(17-4-3-5-18(26)13-17)27-25(28-23(21)31)30-10-8-29(9-11-30)14-16-6-7-19-20(12-16)35-15-34-19/h3-7,12-13,21-22H,2,8-11,14-15H2,1H3,(H,27,28,31)/t21-,22-/m1/s1. The molecule has 2 atom stereocenters. The minimum absolute atomic E-state index is 0.187. The quantitative estimate of drug-likeness (QED) is 0.500. The second-order valence-corrected chi connectivity index (χ2v) is 9.06. The Labute approximate surface area is 208 Å². The zero-order valence-electron chi connectivity index (χ0n) is 19.4. The molecule has 0 saturated carbocycles. The first-order chi connectivity index (χ1) is 17.0. The van der Waals surface area contributed by atoms with Gasteiger partial charge in [0.2, 0.25) is 18.7 Å². The fraction of sp³-hybridized carbons (Fsp3) is 0.400. The van der Waals surface area contributed by atoms with Gasteiger partial charge in [-0.1, -0.05) is 29.8 Å². The van der Waals surface area contributed by atoms with Gasteiger partial charge in [-0.3, -0.25) is 19.8 Å². The number of ether oxygens (including phenoxy) is 3. The average molecular weight is 499 g/mol. The van der Waals surface area contributed by atoms with E-state index in [0.717, 1.165) is 36.7 Å². The van der Waals surface area contributed by atoms with Crippen molar-refractivity contribution in [1.29, 1.82) is 0 Å². The van der Waals surface area contributed by atoms with Crippen LogP contribution in [0.4, 0.5) is 0 Å². The van der Waals surface area contributed by atoms with Crippen LogP contribution in [0.3, 0.4) is 0 Å². The molecule has 0 spiro atoms. The van der Waals surface area contributed by atoms with Gasteiger partial charge >= 0.3 is 5.97 Å². The van der Waals surface area contributed by atoms with Crippen molar-refractivity contribution in [2.75, 3.05) is 39.6 Å². The summed E-state index contributed by atoms with van der Waals surface area (Å²) in [5, 5.41) is 3.36. The molecule has 1 saturated heterocycles. The maximum absolute atomic E-state index is 13.0. The molecule has 3 heterocycles. The van der Waals surface area contributed by atoms with Gasteiger partial charge in [0, 0.05) is 37.7 Å². The SMILES string of the molecule is CCOC(=O)[C@H]1C(=O)NC(N2CCN(Cc3ccc4c(c3)OCO4)CC2)=N[C@@H]1c1cccc(Cl)c1. The number of rotatable bonds is 5. The first kappa shape index (κ1) is 23.4. The van der Waals surface area contributed by atoms with Crippen molar-refractivity contribution >= 4 is 29.4 Å². The Kier molecular flexibility index (Phi) is 6.79. The highest BCUT2D eigenvalue weighted by Crippen LogP contribution is 2.34. The molecule has 184 valence electrons. The van der Waals surface area contributed by atoms with Crippen molar-refractivity contribution in [3.05, 3.63) is 58.6 Å². The lowest BCUT2D eigenvalue weighted by Gasteiger charge is -2.39. The lowest BCUT2D eigenvalue weighted by Crippen LogP contribution is -2.57. The normalized spacial score (nSPS) is 21.9. The molecular formula is C25H27ClN4O5. The van der Waals surface area contributed by atoms with Crippen LogP contribution in [0.5, 0.6) is 11.5 Å². The van der Waals surface area contributed by atoms with Gasteiger partial charge in [-0.2, -0.15) is 0 Å². The number of fused-ring (bicyclic) bond motifs is 1. The lowest BCUT2D eigenvalue weighted by atomic mass is 9.91. The summed E-state index contributed by atoms with van der Waals surface area (Å²) in [5.74, 6) is -0.0381. The predicted molar refractivity (Wildman–Crippen MR) is 129 cm³/mol. The van der Waals surface area contributed by atoms with Crippen LogP contribution in [-0.4, -0.2) is 67.2 Å². The first-order valence-corrected chi connectivity index (χ1v) is 12.1. The van der Waals surface area contributed by atoms with Crippen molar-refractivity contribution in [3.8, 4) is 11.5 Å². The van der Waals surface area contributed by atoms with Crippen LogP contribution in [-0.2, 0) is 20.9 Å². The number of benzene rings is 2. The van der Waals surface area contributed by atoms with Gasteiger partial charge in [0.05, 0.1) is 6.61 Å². The third kappa shape index (κ3) is 5.06. The summed E-state index contributed by atoms with van der Waals surface area (Å²) in [6, 6.07) is 12.4. The molecule has 9 nitrogen and oxygen atoms in total. The number of nitrogens with one attached hydrogen (secondary N) is 1. The van der Waals surface area contributed by atoms with Gasteiger partial charge in [-0.05, 0) is 42.3 Å². The van der Waals surface area contributed by atoms with E-state index in [1.807, 2.05) is 23.1 Å². The molecule has 0 aromatic heterocycles. The van der Waals surface area contributed by atoms with Gasteiger partial charge in [0.1, 0.15) is 6.04 Å². The Balaban J connectivity index is 1.29. The lowest BCUT2D eigenvalue weighted by molar-refractivity contribution is -0.153. The van der Waals surface area contributed by atoms with Crippen LogP contribution in [0.2, 0.25) is 5.02 Å². The number of carbonyl (C=O) groups excluding carboxylic acids is 2. The molecule has 0 bridgehead atoms. The van der Waals surface area contributed by atoms with E-state index in [4.69, 9.17) is 30.8 Å². The minimum Gasteiger partial charge on any atom is -0.465 e. The Morgan fingerprint density at radius 2 is 1.94 bits per heavy atom. The van der Waals surface area contributed by atoms with E-state index in [-0.39, 0.29) is 13.4 Å². The monoisotopic (exact) mass is 498 g/mol. The fourth-order valence-electron chi connectivity index (χ4n) is 4.57. The Morgan fingerprint density at radius 1 is 1.14 bits per heavy atom. The van der Waals surface area contributed by atoms with E-state index in [1.165, 1.54) is 0 Å². The minimum atomic E-state index is -1.07. The molecule has 1 N–H and O–H groups in total. The Bertz CT molecular complexity index is 1150. The second kappa shape index (κ2) is 10.1. The molecule has 0 aliphatic carbocycles. The highest BCUT2D eigenvalue weighted by molar-refractivity contribution is 6.30. The zero-order valence-corrected chi connectivity index (χ0v) is 20.2. The van der Waals surface area contributed by atoms with Crippen LogP contribution in [0.25, 0.3) is 0 Å². The van der Waals surface area contributed by atoms with Crippen molar-refractivity contribution in [2.45, 2.75) is 19.5 Å². The molecule has 1 amide bonds. The predicted octanol–water partition coefficient (Wildman–Crippen LogP) is 2.59. The highest BCUT2D eigenvalue weighted by atomic mass is 35.5. The molecule has 5 rings (SSSR count). The van der Waals surface area contributed by atoms with E-state index in [2.05, 4.69) is 16.3 Å². The third-order valence-electron chi connectivity index (χ3n) is 6.34. The molecule has 35 heavy (non-hydrogen) atoms. The van der Waals surface area contributed by atoms with Gasteiger partial charge in [0.15, 0.2) is 17.4 Å². The molecule has 3 aliphatic rings. The summed E-state index contributed by atoms with van der Waals surface area (Å²) in [6.45, 7) is 5.93. The zero-order chi connectivity index (χ0) is 24.4. The number of piperazine rings is 1. The van der Waals surface area contributed by atoms with E-state index >= 15 is 0 Å². The van der Waals surface area contributed by atoms with Gasteiger partial charge in [-0.15, -0.1) is 0 Å². The second-order valence-electron chi connectivity index (χ2n) is 8.62. The number of nitrogens with zero attached hydrogens (tertiary/aromatic N) is 3. The van der Waals surface area contributed by atoms with Crippen molar-refractivity contribution in [1.82, 2.24) is 15.1 Å². The van der Waals surface area contributed by atoms with Gasteiger partial charge in [-0.25, -0.2) is 4.99 Å². The third-order valence-corrected chi connectivity index (χ3v) is 6.58. The van der Waals surface area contributed by atoms with E-state index in [1.54, 1.807) is 25.1 Å². The van der Waals surface area contributed by atoms with E-state index in [0.29, 0.717) is 29.6 Å². The van der Waals surface area contributed by atoms with Crippen molar-refractivity contribution in [2.24, 2.45) is 10.9 Å². The van der Waals surface area contributed by atoms with E-state index < -0.39 is 23.8 Å². The molecular weight excluding hydrogens is 472 g/mol. The van der Waals surface area contributed by atoms with Crippen LogP contribution in [0, 0.1) is 5.92 Å². The molecule has 0 radical (unpaired) electrons. The number of amides is 1. The molecule has 3 aliphatic heterocycles. The van der Waals surface area contributed by atoms with Crippen molar-refractivity contribution in [3.63, 3.8) is 0 Å². The molecule has 1 fully saturated rings. The molecule has 10 heteroatoms. The molecule has 2 aromatic carbocycles.